The normalized spacial score (nSPS) is 11.3. The van der Waals surface area contributed by atoms with E-state index >= 15 is 0 Å². The summed E-state index contributed by atoms with van der Waals surface area (Å²) in [7, 11) is 0. The van der Waals surface area contributed by atoms with E-state index < -0.39 is 0 Å². The summed E-state index contributed by atoms with van der Waals surface area (Å²) in [6.07, 6.45) is 1.43. The summed E-state index contributed by atoms with van der Waals surface area (Å²) >= 11 is 6.14. The van der Waals surface area contributed by atoms with Gasteiger partial charge in [0.2, 0.25) is 0 Å². The monoisotopic (exact) mass is 319 g/mol. The Labute approximate surface area is 134 Å². The average molecular weight is 320 g/mol. The fourth-order valence-electron chi connectivity index (χ4n) is 1.79. The molecule has 6 heteroatoms. The summed E-state index contributed by atoms with van der Waals surface area (Å²) in [5.41, 5.74) is 7.48. The lowest BCUT2D eigenvalue weighted by atomic mass is 10.2. The minimum atomic E-state index is -0.265. The van der Waals surface area contributed by atoms with Gasteiger partial charge in [0, 0.05) is 12.3 Å². The number of hydrazine groups is 1. The summed E-state index contributed by atoms with van der Waals surface area (Å²) in [4.78, 5) is 0. The van der Waals surface area contributed by atoms with Crippen molar-refractivity contribution in [2.75, 3.05) is 11.6 Å². The van der Waals surface area contributed by atoms with Crippen LogP contribution in [-0.4, -0.2) is 11.7 Å². The van der Waals surface area contributed by atoms with Crippen molar-refractivity contribution in [3.8, 4) is 5.75 Å². The van der Waals surface area contributed by atoms with Crippen molar-refractivity contribution in [2.24, 2.45) is 11.6 Å². The lowest BCUT2D eigenvalue weighted by Gasteiger charge is -2.17. The number of ether oxygens (including phenoxy) is 1. The number of nitrogens with zero attached hydrogens (tertiary/aromatic N) is 1. The van der Waals surface area contributed by atoms with Crippen LogP contribution in [0.1, 0.15) is 5.56 Å². The molecule has 5 nitrogen and oxygen atoms in total. The number of hydrogen-bond donors (Lipinski definition) is 3. The first-order chi connectivity index (χ1) is 10.6. The van der Waals surface area contributed by atoms with Gasteiger partial charge in [-0.1, -0.05) is 41.9 Å². The highest BCUT2D eigenvalue weighted by Crippen LogP contribution is 2.29. The summed E-state index contributed by atoms with van der Waals surface area (Å²) in [6.45, 7) is 0.141. The standard InChI is InChI=1S/C16H18ClN3O2/c17-15-7-6-14(20(19)9-13(18)10-21)8-16(15)22-11-12-4-2-1-3-5-12/h1-9,21H,10-11,18-19H2/b13-9-. The first kappa shape index (κ1) is 16.2. The largest absolute Gasteiger partial charge is 0.487 e. The van der Waals surface area contributed by atoms with Crippen molar-refractivity contribution in [3.63, 3.8) is 0 Å². The van der Waals surface area contributed by atoms with E-state index in [1.807, 2.05) is 30.3 Å². The van der Waals surface area contributed by atoms with Gasteiger partial charge in [-0.05, 0) is 17.7 Å². The first-order valence-corrected chi connectivity index (χ1v) is 7.05. The zero-order valence-electron chi connectivity index (χ0n) is 11.9. The molecule has 0 saturated carbocycles. The number of benzene rings is 2. The van der Waals surface area contributed by atoms with Crippen molar-refractivity contribution in [3.05, 3.63) is 71.0 Å². The fraction of sp³-hybridized carbons (Fsp3) is 0.125. The second-order valence-corrected chi connectivity index (χ2v) is 5.07. The number of anilines is 1. The van der Waals surface area contributed by atoms with Gasteiger partial charge in [-0.2, -0.15) is 0 Å². The van der Waals surface area contributed by atoms with E-state index in [1.54, 1.807) is 18.2 Å². The Kier molecular flexibility index (Phi) is 5.66. The van der Waals surface area contributed by atoms with Crippen LogP contribution in [-0.2, 0) is 6.61 Å². The molecule has 0 unspecified atom stereocenters. The average Bonchev–Trinajstić information content (AvgIpc) is 2.54. The molecule has 0 atom stereocenters. The third-order valence-corrected chi connectivity index (χ3v) is 3.25. The molecule has 0 fully saturated rings. The lowest BCUT2D eigenvalue weighted by Crippen LogP contribution is -2.26. The van der Waals surface area contributed by atoms with Crippen LogP contribution in [0.25, 0.3) is 0 Å². The minimum absolute atomic E-state index is 0.254. The highest BCUT2D eigenvalue weighted by molar-refractivity contribution is 6.32. The molecule has 0 bridgehead atoms. The summed E-state index contributed by atoms with van der Waals surface area (Å²) in [5.74, 6) is 6.39. The Bertz CT molecular complexity index is 647. The maximum atomic E-state index is 8.92. The van der Waals surface area contributed by atoms with Gasteiger partial charge < -0.3 is 15.6 Å². The second-order valence-electron chi connectivity index (χ2n) is 4.66. The SMILES string of the molecule is N/C(=C\N(N)c1ccc(Cl)c(OCc2ccccc2)c1)CO. The smallest absolute Gasteiger partial charge is 0.140 e. The predicted octanol–water partition coefficient (Wildman–Crippen LogP) is 2.39. The van der Waals surface area contributed by atoms with Gasteiger partial charge in [-0.15, -0.1) is 0 Å². The number of nitrogens with two attached hydrogens (primary N) is 2. The van der Waals surface area contributed by atoms with Crippen molar-refractivity contribution in [1.82, 2.24) is 0 Å². The molecule has 0 amide bonds. The maximum absolute atomic E-state index is 8.92. The highest BCUT2D eigenvalue weighted by atomic mass is 35.5. The van der Waals surface area contributed by atoms with Gasteiger partial charge in [0.25, 0.3) is 0 Å². The number of aliphatic hydroxyl groups excluding tert-OH is 1. The number of hydrogen-bond acceptors (Lipinski definition) is 5. The summed E-state index contributed by atoms with van der Waals surface area (Å²) < 4.78 is 5.73. The number of halogens is 1. The quantitative estimate of drug-likeness (QED) is 0.562. The molecule has 0 aliphatic carbocycles. The molecule has 2 rings (SSSR count). The Hall–Kier alpha value is -2.21. The van der Waals surface area contributed by atoms with Gasteiger partial charge in [0.1, 0.15) is 12.4 Å². The fourth-order valence-corrected chi connectivity index (χ4v) is 1.96. The van der Waals surface area contributed by atoms with Crippen LogP contribution in [0.2, 0.25) is 5.02 Å². The van der Waals surface area contributed by atoms with Crippen LogP contribution < -0.4 is 21.3 Å². The predicted molar refractivity (Wildman–Crippen MR) is 88.2 cm³/mol. The molecule has 116 valence electrons. The lowest BCUT2D eigenvalue weighted by molar-refractivity contribution is 0.306. The van der Waals surface area contributed by atoms with E-state index in [2.05, 4.69) is 0 Å². The third-order valence-electron chi connectivity index (χ3n) is 2.94. The molecule has 0 aliphatic heterocycles. The van der Waals surface area contributed by atoms with Crippen LogP contribution in [0.5, 0.6) is 5.75 Å². The molecule has 0 aliphatic rings. The topological polar surface area (TPSA) is 84.7 Å². The number of aliphatic hydroxyl groups is 1. The Balaban J connectivity index is 2.13. The Morgan fingerprint density at radius 3 is 2.64 bits per heavy atom. The summed E-state index contributed by atoms with van der Waals surface area (Å²) in [6, 6.07) is 14.9. The van der Waals surface area contributed by atoms with Crippen LogP contribution in [0, 0.1) is 0 Å². The first-order valence-electron chi connectivity index (χ1n) is 6.67. The Morgan fingerprint density at radius 2 is 1.95 bits per heavy atom. The highest BCUT2D eigenvalue weighted by Gasteiger charge is 2.07. The molecule has 22 heavy (non-hydrogen) atoms. The molecule has 2 aromatic carbocycles. The van der Waals surface area contributed by atoms with Gasteiger partial charge in [0.05, 0.1) is 23.0 Å². The molecular formula is C16H18ClN3O2. The molecule has 0 spiro atoms. The zero-order valence-corrected chi connectivity index (χ0v) is 12.7. The van der Waals surface area contributed by atoms with E-state index in [0.717, 1.165) is 5.56 Å². The van der Waals surface area contributed by atoms with E-state index in [9.17, 15) is 0 Å². The van der Waals surface area contributed by atoms with E-state index in [1.165, 1.54) is 11.2 Å². The van der Waals surface area contributed by atoms with Crippen LogP contribution >= 0.6 is 11.6 Å². The van der Waals surface area contributed by atoms with Crippen molar-refractivity contribution in [2.45, 2.75) is 6.61 Å². The van der Waals surface area contributed by atoms with Crippen molar-refractivity contribution < 1.29 is 9.84 Å². The van der Waals surface area contributed by atoms with E-state index in [0.29, 0.717) is 23.1 Å². The van der Waals surface area contributed by atoms with E-state index in [-0.39, 0.29) is 12.3 Å². The van der Waals surface area contributed by atoms with Crippen molar-refractivity contribution >= 4 is 17.3 Å². The summed E-state index contributed by atoms with van der Waals surface area (Å²) in [5, 5.41) is 10.7. The molecule has 0 heterocycles. The van der Waals surface area contributed by atoms with Gasteiger partial charge >= 0.3 is 0 Å². The number of rotatable bonds is 6. The zero-order chi connectivity index (χ0) is 15.9. The molecule has 5 N–H and O–H groups in total. The molecular weight excluding hydrogens is 302 g/mol. The van der Waals surface area contributed by atoms with Gasteiger partial charge in [-0.25, -0.2) is 5.84 Å². The third kappa shape index (κ3) is 4.39. The maximum Gasteiger partial charge on any atom is 0.140 e. The molecule has 0 saturated heterocycles. The molecule has 2 aromatic rings. The van der Waals surface area contributed by atoms with Crippen LogP contribution in [0.4, 0.5) is 5.69 Å². The van der Waals surface area contributed by atoms with Crippen molar-refractivity contribution in [1.29, 1.82) is 0 Å². The van der Waals surface area contributed by atoms with Crippen LogP contribution in [0.15, 0.2) is 60.4 Å². The van der Waals surface area contributed by atoms with Gasteiger partial charge in [-0.3, -0.25) is 5.01 Å². The van der Waals surface area contributed by atoms with Crippen LogP contribution in [0.3, 0.4) is 0 Å². The minimum Gasteiger partial charge on any atom is -0.487 e. The second kappa shape index (κ2) is 7.70. The Morgan fingerprint density at radius 1 is 1.23 bits per heavy atom. The van der Waals surface area contributed by atoms with E-state index in [4.69, 9.17) is 33.0 Å². The molecule has 0 radical (unpaired) electrons. The molecule has 0 aromatic heterocycles. The van der Waals surface area contributed by atoms with Gasteiger partial charge in [0.15, 0.2) is 0 Å².